The molecule has 104 valence electrons. The minimum absolute atomic E-state index is 0.164. The number of aromatic nitrogens is 1. The summed E-state index contributed by atoms with van der Waals surface area (Å²) in [7, 11) is 0. The van der Waals surface area contributed by atoms with Crippen LogP contribution < -0.4 is 0 Å². The fourth-order valence-corrected chi connectivity index (χ4v) is 2.55. The van der Waals surface area contributed by atoms with Crippen LogP contribution in [-0.4, -0.2) is 10.8 Å². The highest BCUT2D eigenvalue weighted by molar-refractivity contribution is 6.42. The minimum Gasteiger partial charge on any atom is -0.287 e. The number of carbonyl (C=O) groups is 1. The number of aryl methyl sites for hydroxylation is 1. The van der Waals surface area contributed by atoms with Crippen LogP contribution in [0.3, 0.4) is 0 Å². The van der Waals surface area contributed by atoms with E-state index in [0.717, 1.165) is 16.5 Å². The van der Waals surface area contributed by atoms with E-state index in [4.69, 9.17) is 23.2 Å². The van der Waals surface area contributed by atoms with Crippen molar-refractivity contribution in [1.29, 1.82) is 0 Å². The number of fused-ring (bicyclic) bond motifs is 1. The van der Waals surface area contributed by atoms with Gasteiger partial charge in [-0.2, -0.15) is 0 Å². The Bertz CT molecular complexity index is 859. The van der Waals surface area contributed by atoms with Crippen molar-refractivity contribution in [3.05, 3.63) is 75.4 Å². The van der Waals surface area contributed by atoms with Gasteiger partial charge in [-0.15, -0.1) is 0 Å². The minimum atomic E-state index is -0.164. The molecule has 0 spiro atoms. The Morgan fingerprint density at radius 1 is 1.00 bits per heavy atom. The lowest BCUT2D eigenvalue weighted by molar-refractivity contribution is 0.103. The first-order valence-electron chi connectivity index (χ1n) is 6.42. The van der Waals surface area contributed by atoms with Gasteiger partial charge in [0.05, 0.1) is 15.6 Å². The molecule has 2 aromatic carbocycles. The number of hydrogen-bond acceptors (Lipinski definition) is 2. The quantitative estimate of drug-likeness (QED) is 0.617. The first-order chi connectivity index (χ1) is 10.1. The first kappa shape index (κ1) is 14.1. The average molecular weight is 316 g/mol. The normalized spacial score (nSPS) is 10.8. The maximum atomic E-state index is 12.5. The SMILES string of the molecule is Cc1cc(C(=O)c2ccc(Cl)c(Cl)c2)nc2ccccc12. The van der Waals surface area contributed by atoms with Crippen LogP contribution in [0.1, 0.15) is 21.6 Å². The Balaban J connectivity index is 2.11. The summed E-state index contributed by atoms with van der Waals surface area (Å²) in [6.45, 7) is 1.97. The van der Waals surface area contributed by atoms with Gasteiger partial charge in [0.25, 0.3) is 0 Å². The van der Waals surface area contributed by atoms with Gasteiger partial charge in [0.2, 0.25) is 5.78 Å². The van der Waals surface area contributed by atoms with Crippen molar-refractivity contribution in [1.82, 2.24) is 4.98 Å². The number of pyridine rings is 1. The van der Waals surface area contributed by atoms with Gasteiger partial charge < -0.3 is 0 Å². The molecule has 0 radical (unpaired) electrons. The van der Waals surface area contributed by atoms with Gasteiger partial charge in [0.1, 0.15) is 5.69 Å². The molecule has 0 amide bonds. The standard InChI is InChI=1S/C17H11Cl2NO/c1-10-8-16(20-15-5-3-2-4-12(10)15)17(21)11-6-7-13(18)14(19)9-11/h2-9H,1H3. The lowest BCUT2D eigenvalue weighted by Gasteiger charge is -2.06. The third kappa shape index (κ3) is 2.65. The lowest BCUT2D eigenvalue weighted by atomic mass is 10.0. The summed E-state index contributed by atoms with van der Waals surface area (Å²) in [6.07, 6.45) is 0. The topological polar surface area (TPSA) is 30.0 Å². The van der Waals surface area contributed by atoms with E-state index in [0.29, 0.717) is 21.3 Å². The molecule has 1 aromatic heterocycles. The maximum Gasteiger partial charge on any atom is 0.211 e. The zero-order valence-electron chi connectivity index (χ0n) is 11.2. The molecule has 0 aliphatic carbocycles. The molecule has 0 bridgehead atoms. The number of benzene rings is 2. The number of carbonyl (C=O) groups excluding carboxylic acids is 1. The van der Waals surface area contributed by atoms with Gasteiger partial charge >= 0.3 is 0 Å². The summed E-state index contributed by atoms with van der Waals surface area (Å²) in [5, 5.41) is 1.83. The summed E-state index contributed by atoms with van der Waals surface area (Å²) in [4.78, 5) is 17.0. The Morgan fingerprint density at radius 3 is 2.52 bits per heavy atom. The van der Waals surface area contributed by atoms with Crippen LogP contribution in [0, 0.1) is 6.92 Å². The molecule has 0 fully saturated rings. The van der Waals surface area contributed by atoms with Gasteiger partial charge in [0.15, 0.2) is 0 Å². The average Bonchev–Trinajstić information content (AvgIpc) is 2.49. The van der Waals surface area contributed by atoms with Crippen molar-refractivity contribution < 1.29 is 4.79 Å². The Kier molecular flexibility index (Phi) is 3.66. The summed E-state index contributed by atoms with van der Waals surface area (Å²) in [6, 6.07) is 14.4. The van der Waals surface area contributed by atoms with Crippen LogP contribution in [0.4, 0.5) is 0 Å². The van der Waals surface area contributed by atoms with E-state index in [9.17, 15) is 4.79 Å². The number of para-hydroxylation sites is 1. The highest BCUT2D eigenvalue weighted by atomic mass is 35.5. The van der Waals surface area contributed by atoms with E-state index in [2.05, 4.69) is 4.98 Å². The largest absolute Gasteiger partial charge is 0.287 e. The van der Waals surface area contributed by atoms with Gasteiger partial charge in [-0.1, -0.05) is 41.4 Å². The molecule has 21 heavy (non-hydrogen) atoms. The predicted octanol–water partition coefficient (Wildman–Crippen LogP) is 5.08. The Morgan fingerprint density at radius 2 is 1.76 bits per heavy atom. The summed E-state index contributed by atoms with van der Waals surface area (Å²) in [5.41, 5.74) is 2.71. The van der Waals surface area contributed by atoms with Crippen LogP contribution >= 0.6 is 23.2 Å². The fraction of sp³-hybridized carbons (Fsp3) is 0.0588. The molecule has 0 aliphatic heterocycles. The second kappa shape index (κ2) is 5.47. The number of halogens is 2. The fourth-order valence-electron chi connectivity index (χ4n) is 2.25. The second-order valence-corrected chi connectivity index (χ2v) is 5.61. The second-order valence-electron chi connectivity index (χ2n) is 4.80. The molecule has 0 atom stereocenters. The third-order valence-corrected chi connectivity index (χ3v) is 4.08. The molecule has 0 N–H and O–H groups in total. The monoisotopic (exact) mass is 315 g/mol. The summed E-state index contributed by atoms with van der Waals surface area (Å²) in [5.74, 6) is -0.164. The van der Waals surface area contributed by atoms with Crippen molar-refractivity contribution in [2.24, 2.45) is 0 Å². The van der Waals surface area contributed by atoms with Crippen molar-refractivity contribution in [3.8, 4) is 0 Å². The maximum absolute atomic E-state index is 12.5. The smallest absolute Gasteiger partial charge is 0.211 e. The lowest BCUT2D eigenvalue weighted by Crippen LogP contribution is -2.05. The van der Waals surface area contributed by atoms with Crippen LogP contribution in [0.15, 0.2) is 48.5 Å². The van der Waals surface area contributed by atoms with E-state index < -0.39 is 0 Å². The van der Waals surface area contributed by atoms with Crippen LogP contribution in [0.25, 0.3) is 10.9 Å². The van der Waals surface area contributed by atoms with E-state index >= 15 is 0 Å². The van der Waals surface area contributed by atoms with Crippen molar-refractivity contribution in [2.75, 3.05) is 0 Å². The van der Waals surface area contributed by atoms with Gasteiger partial charge in [-0.3, -0.25) is 4.79 Å². The molecule has 0 aliphatic rings. The Labute approximate surface area is 132 Å². The zero-order chi connectivity index (χ0) is 15.0. The Hall–Kier alpha value is -1.90. The molecule has 0 unspecified atom stereocenters. The first-order valence-corrected chi connectivity index (χ1v) is 7.18. The molecule has 4 heteroatoms. The predicted molar refractivity (Wildman–Crippen MR) is 86.4 cm³/mol. The number of nitrogens with zero attached hydrogens (tertiary/aromatic N) is 1. The van der Waals surface area contributed by atoms with Crippen molar-refractivity contribution >= 4 is 39.9 Å². The number of ketones is 1. The molecular weight excluding hydrogens is 305 g/mol. The number of rotatable bonds is 2. The van der Waals surface area contributed by atoms with Crippen molar-refractivity contribution in [3.63, 3.8) is 0 Å². The van der Waals surface area contributed by atoms with Gasteiger partial charge in [-0.05, 0) is 42.8 Å². The van der Waals surface area contributed by atoms with Crippen LogP contribution in [-0.2, 0) is 0 Å². The zero-order valence-corrected chi connectivity index (χ0v) is 12.7. The molecule has 2 nitrogen and oxygen atoms in total. The molecule has 1 heterocycles. The number of hydrogen-bond donors (Lipinski definition) is 0. The molecular formula is C17H11Cl2NO. The molecule has 3 rings (SSSR count). The van der Waals surface area contributed by atoms with Gasteiger partial charge in [0, 0.05) is 10.9 Å². The summed E-state index contributed by atoms with van der Waals surface area (Å²) >= 11 is 11.8. The van der Waals surface area contributed by atoms with E-state index in [-0.39, 0.29) is 5.78 Å². The molecule has 3 aromatic rings. The van der Waals surface area contributed by atoms with Gasteiger partial charge in [-0.25, -0.2) is 4.98 Å². The molecule has 0 saturated heterocycles. The summed E-state index contributed by atoms with van der Waals surface area (Å²) < 4.78 is 0. The van der Waals surface area contributed by atoms with E-state index in [1.165, 1.54) is 0 Å². The van der Waals surface area contributed by atoms with Crippen LogP contribution in [0.5, 0.6) is 0 Å². The van der Waals surface area contributed by atoms with E-state index in [1.54, 1.807) is 24.3 Å². The van der Waals surface area contributed by atoms with E-state index in [1.807, 2.05) is 31.2 Å². The highest BCUT2D eigenvalue weighted by Crippen LogP contribution is 2.25. The van der Waals surface area contributed by atoms with Crippen LogP contribution in [0.2, 0.25) is 10.0 Å². The highest BCUT2D eigenvalue weighted by Gasteiger charge is 2.14. The molecule has 0 saturated carbocycles. The third-order valence-electron chi connectivity index (χ3n) is 3.34. The van der Waals surface area contributed by atoms with Crippen molar-refractivity contribution in [2.45, 2.75) is 6.92 Å².